The Labute approximate surface area is 152 Å². The lowest BCUT2D eigenvalue weighted by Crippen LogP contribution is -2.38. The molecule has 0 fully saturated rings. The molecule has 0 bridgehead atoms. The standard InChI is InChI=1S/C20H22N4O2/c1-13(9-18(25)21-2)24(3)20(26)16-6-4-5-14(10-16)17-11-15-7-8-22-19(15)23-12-17/h4-8,10-13H,9H2,1-3H3,(H,21,25)(H,22,23)/t13-/m0/s1. The molecule has 1 atom stereocenters. The first-order valence-electron chi connectivity index (χ1n) is 8.51. The summed E-state index contributed by atoms with van der Waals surface area (Å²) in [4.78, 5) is 33.4. The molecule has 0 aliphatic heterocycles. The van der Waals surface area contributed by atoms with E-state index in [4.69, 9.17) is 0 Å². The van der Waals surface area contributed by atoms with Gasteiger partial charge in [0.15, 0.2) is 0 Å². The van der Waals surface area contributed by atoms with Crippen molar-refractivity contribution in [1.29, 1.82) is 0 Å². The molecule has 2 amide bonds. The number of carbonyl (C=O) groups is 2. The van der Waals surface area contributed by atoms with E-state index in [1.807, 2.05) is 43.5 Å². The number of benzene rings is 1. The predicted octanol–water partition coefficient (Wildman–Crippen LogP) is 2.83. The predicted molar refractivity (Wildman–Crippen MR) is 102 cm³/mol. The molecule has 0 saturated heterocycles. The molecule has 0 aliphatic carbocycles. The number of carbonyl (C=O) groups excluding carboxylic acids is 2. The van der Waals surface area contributed by atoms with Crippen molar-refractivity contribution in [2.24, 2.45) is 0 Å². The summed E-state index contributed by atoms with van der Waals surface area (Å²) in [6.07, 6.45) is 3.91. The highest BCUT2D eigenvalue weighted by Gasteiger charge is 2.20. The van der Waals surface area contributed by atoms with Crippen LogP contribution < -0.4 is 5.32 Å². The number of nitrogens with one attached hydrogen (secondary N) is 2. The number of nitrogens with zero attached hydrogens (tertiary/aromatic N) is 2. The van der Waals surface area contributed by atoms with Crippen LogP contribution >= 0.6 is 0 Å². The fourth-order valence-corrected chi connectivity index (χ4v) is 2.84. The molecule has 26 heavy (non-hydrogen) atoms. The van der Waals surface area contributed by atoms with Crippen LogP contribution in [0.25, 0.3) is 22.2 Å². The number of hydrogen-bond donors (Lipinski definition) is 2. The minimum Gasteiger partial charge on any atom is -0.359 e. The molecule has 2 heterocycles. The van der Waals surface area contributed by atoms with E-state index in [1.54, 1.807) is 31.3 Å². The van der Waals surface area contributed by atoms with E-state index in [1.165, 1.54) is 0 Å². The van der Waals surface area contributed by atoms with Crippen molar-refractivity contribution in [2.75, 3.05) is 14.1 Å². The molecule has 0 saturated carbocycles. The third kappa shape index (κ3) is 3.59. The van der Waals surface area contributed by atoms with E-state index in [-0.39, 0.29) is 24.3 Å². The van der Waals surface area contributed by atoms with Crippen molar-refractivity contribution < 1.29 is 9.59 Å². The fraction of sp³-hybridized carbons (Fsp3) is 0.250. The number of hydrogen-bond acceptors (Lipinski definition) is 3. The minimum atomic E-state index is -0.191. The lowest BCUT2D eigenvalue weighted by molar-refractivity contribution is -0.121. The molecule has 3 aromatic rings. The Morgan fingerprint density at radius 2 is 2.04 bits per heavy atom. The van der Waals surface area contributed by atoms with E-state index in [2.05, 4.69) is 15.3 Å². The second-order valence-electron chi connectivity index (χ2n) is 6.36. The summed E-state index contributed by atoms with van der Waals surface area (Å²) >= 11 is 0. The van der Waals surface area contributed by atoms with Gasteiger partial charge in [0.2, 0.25) is 5.91 Å². The van der Waals surface area contributed by atoms with Crippen molar-refractivity contribution >= 4 is 22.8 Å². The van der Waals surface area contributed by atoms with Crippen molar-refractivity contribution in [3.8, 4) is 11.1 Å². The van der Waals surface area contributed by atoms with Gasteiger partial charge in [0.25, 0.3) is 5.91 Å². The largest absolute Gasteiger partial charge is 0.359 e. The van der Waals surface area contributed by atoms with Crippen molar-refractivity contribution in [2.45, 2.75) is 19.4 Å². The Morgan fingerprint density at radius 1 is 1.23 bits per heavy atom. The van der Waals surface area contributed by atoms with Crippen molar-refractivity contribution in [3.63, 3.8) is 0 Å². The van der Waals surface area contributed by atoms with Crippen LogP contribution in [0.4, 0.5) is 0 Å². The lowest BCUT2D eigenvalue weighted by Gasteiger charge is -2.24. The van der Waals surface area contributed by atoms with E-state index in [0.717, 1.165) is 22.2 Å². The molecule has 0 unspecified atom stereocenters. The first-order chi connectivity index (χ1) is 12.5. The van der Waals surface area contributed by atoms with Crippen LogP contribution in [0.2, 0.25) is 0 Å². The highest BCUT2D eigenvalue weighted by atomic mass is 16.2. The van der Waals surface area contributed by atoms with E-state index < -0.39 is 0 Å². The van der Waals surface area contributed by atoms with Crippen LogP contribution in [-0.2, 0) is 4.79 Å². The molecule has 0 radical (unpaired) electrons. The summed E-state index contributed by atoms with van der Waals surface area (Å²) in [5, 5.41) is 3.61. The average Bonchev–Trinajstić information content (AvgIpc) is 3.14. The third-order valence-electron chi connectivity index (χ3n) is 4.58. The van der Waals surface area contributed by atoms with Gasteiger partial charge < -0.3 is 15.2 Å². The van der Waals surface area contributed by atoms with Gasteiger partial charge >= 0.3 is 0 Å². The van der Waals surface area contributed by atoms with Gasteiger partial charge in [-0.1, -0.05) is 12.1 Å². The normalized spacial score (nSPS) is 12.0. The fourth-order valence-electron chi connectivity index (χ4n) is 2.84. The summed E-state index contributed by atoms with van der Waals surface area (Å²) in [7, 11) is 3.31. The summed E-state index contributed by atoms with van der Waals surface area (Å²) in [5.74, 6) is -0.198. The highest BCUT2D eigenvalue weighted by molar-refractivity contribution is 5.96. The summed E-state index contributed by atoms with van der Waals surface area (Å²) in [6, 6.07) is 11.3. The van der Waals surface area contributed by atoms with Gasteiger partial charge in [0, 0.05) is 55.5 Å². The number of aromatic nitrogens is 2. The molecule has 134 valence electrons. The van der Waals surface area contributed by atoms with Crippen LogP contribution in [-0.4, -0.2) is 46.8 Å². The van der Waals surface area contributed by atoms with Crippen molar-refractivity contribution in [1.82, 2.24) is 20.2 Å². The Morgan fingerprint density at radius 3 is 2.81 bits per heavy atom. The van der Waals surface area contributed by atoms with Gasteiger partial charge in [-0.15, -0.1) is 0 Å². The third-order valence-corrected chi connectivity index (χ3v) is 4.58. The van der Waals surface area contributed by atoms with Crippen LogP contribution in [0.5, 0.6) is 0 Å². The average molecular weight is 350 g/mol. The maximum absolute atomic E-state index is 12.8. The summed E-state index contributed by atoms with van der Waals surface area (Å²) in [5.41, 5.74) is 3.30. The lowest BCUT2D eigenvalue weighted by atomic mass is 10.0. The first kappa shape index (κ1) is 17.7. The van der Waals surface area contributed by atoms with Gasteiger partial charge in [-0.3, -0.25) is 9.59 Å². The number of rotatable bonds is 5. The monoisotopic (exact) mass is 350 g/mol. The number of pyridine rings is 1. The van der Waals surface area contributed by atoms with Gasteiger partial charge in [0.1, 0.15) is 5.65 Å². The number of H-pyrrole nitrogens is 1. The molecule has 2 N–H and O–H groups in total. The van der Waals surface area contributed by atoms with E-state index in [0.29, 0.717) is 5.56 Å². The maximum atomic E-state index is 12.8. The quantitative estimate of drug-likeness (QED) is 0.743. The molecule has 1 aromatic carbocycles. The van der Waals surface area contributed by atoms with Crippen LogP contribution in [0.15, 0.2) is 48.8 Å². The molecule has 2 aromatic heterocycles. The zero-order valence-corrected chi connectivity index (χ0v) is 15.1. The smallest absolute Gasteiger partial charge is 0.253 e. The molecule has 3 rings (SSSR count). The van der Waals surface area contributed by atoms with Gasteiger partial charge in [-0.2, -0.15) is 0 Å². The van der Waals surface area contributed by atoms with Crippen LogP contribution in [0.3, 0.4) is 0 Å². The Bertz CT molecular complexity index is 948. The molecule has 0 spiro atoms. The second-order valence-corrected chi connectivity index (χ2v) is 6.36. The zero-order chi connectivity index (χ0) is 18.7. The number of aromatic amines is 1. The first-order valence-corrected chi connectivity index (χ1v) is 8.51. The summed E-state index contributed by atoms with van der Waals surface area (Å²) < 4.78 is 0. The summed E-state index contributed by atoms with van der Waals surface area (Å²) in [6.45, 7) is 1.86. The molecular formula is C20H22N4O2. The number of amides is 2. The SMILES string of the molecule is CNC(=O)C[C@H](C)N(C)C(=O)c1cccc(-c2cnc3[nH]ccc3c2)c1. The molecular weight excluding hydrogens is 328 g/mol. The topological polar surface area (TPSA) is 78.1 Å². The number of fused-ring (bicyclic) bond motifs is 1. The van der Waals surface area contributed by atoms with E-state index in [9.17, 15) is 9.59 Å². The van der Waals surface area contributed by atoms with E-state index >= 15 is 0 Å². The molecule has 0 aliphatic rings. The highest BCUT2D eigenvalue weighted by Crippen LogP contribution is 2.24. The van der Waals surface area contributed by atoms with Gasteiger partial charge in [0.05, 0.1) is 0 Å². The van der Waals surface area contributed by atoms with Gasteiger partial charge in [-0.05, 0) is 36.8 Å². The van der Waals surface area contributed by atoms with Crippen molar-refractivity contribution in [3.05, 3.63) is 54.4 Å². The Kier molecular flexibility index (Phi) is 5.02. The zero-order valence-electron chi connectivity index (χ0n) is 15.1. The minimum absolute atomic E-state index is 0.0863. The Hall–Kier alpha value is -3.15. The van der Waals surface area contributed by atoms with Gasteiger partial charge in [-0.25, -0.2) is 4.98 Å². The maximum Gasteiger partial charge on any atom is 0.253 e. The Balaban J connectivity index is 1.84. The molecule has 6 heteroatoms. The van der Waals surface area contributed by atoms with Crippen LogP contribution in [0.1, 0.15) is 23.7 Å². The second kappa shape index (κ2) is 7.39. The van der Waals surface area contributed by atoms with Crippen LogP contribution in [0, 0.1) is 0 Å². The molecule has 6 nitrogen and oxygen atoms in total.